The highest BCUT2D eigenvalue weighted by molar-refractivity contribution is 7.04. The van der Waals surface area contributed by atoms with Crippen molar-refractivity contribution in [2.24, 2.45) is 27.2 Å². The van der Waals surface area contributed by atoms with Crippen molar-refractivity contribution in [3.8, 4) is 0 Å². The minimum atomic E-state index is -0.114. The van der Waals surface area contributed by atoms with E-state index in [1.165, 1.54) is 11.5 Å². The fourth-order valence-electron chi connectivity index (χ4n) is 1.26. The molecule has 6 nitrogen and oxygen atoms in total. The van der Waals surface area contributed by atoms with Gasteiger partial charge in [0.2, 0.25) is 5.96 Å². The summed E-state index contributed by atoms with van der Waals surface area (Å²) in [5.41, 5.74) is 17.5. The van der Waals surface area contributed by atoms with E-state index in [9.17, 15) is 0 Å². The zero-order valence-electron chi connectivity index (χ0n) is 8.29. The van der Waals surface area contributed by atoms with Crippen LogP contribution in [-0.4, -0.2) is 16.3 Å². The first-order valence-corrected chi connectivity index (χ1v) is 5.27. The van der Waals surface area contributed by atoms with Crippen molar-refractivity contribution < 1.29 is 0 Å². The lowest BCUT2D eigenvalue weighted by Gasteiger charge is -1.97. The molecule has 16 heavy (non-hydrogen) atoms. The summed E-state index contributed by atoms with van der Waals surface area (Å²) in [6.45, 7) is 0. The maximum atomic E-state index is 5.55. The summed E-state index contributed by atoms with van der Waals surface area (Å²) >= 11 is 1.36. The number of nitrogens with two attached hydrogens (primary N) is 3. The van der Waals surface area contributed by atoms with Crippen molar-refractivity contribution in [1.29, 1.82) is 0 Å². The predicted molar refractivity (Wildman–Crippen MR) is 66.7 cm³/mol. The summed E-state index contributed by atoms with van der Waals surface area (Å²) in [6.07, 6.45) is 0. The number of fused-ring (bicyclic) bond motifs is 1. The zero-order valence-corrected chi connectivity index (χ0v) is 9.11. The fraction of sp³-hybridized carbons (Fsp3) is 0. The van der Waals surface area contributed by atoms with Gasteiger partial charge >= 0.3 is 0 Å². The van der Waals surface area contributed by atoms with Crippen LogP contribution in [0.5, 0.6) is 0 Å². The second kappa shape index (κ2) is 4.15. The van der Waals surface area contributed by atoms with Crippen LogP contribution in [0, 0.1) is 0 Å². The molecule has 0 atom stereocenters. The Hall–Kier alpha value is -2.15. The fourth-order valence-corrected chi connectivity index (χ4v) is 1.93. The standard InChI is InChI=1S/C9H10N6S/c10-8(11)14-9(12)13-6-2-1-3-7-5(6)4-16-15-7/h1-4H,(H6,10,11,12,13,14). The van der Waals surface area contributed by atoms with E-state index in [0.29, 0.717) is 5.69 Å². The average molecular weight is 234 g/mol. The molecule has 0 aliphatic rings. The lowest BCUT2D eigenvalue weighted by molar-refractivity contribution is 1.39. The lowest BCUT2D eigenvalue weighted by atomic mass is 10.2. The molecule has 2 aromatic rings. The van der Waals surface area contributed by atoms with Gasteiger partial charge < -0.3 is 17.2 Å². The molecule has 82 valence electrons. The molecule has 1 aromatic carbocycles. The highest BCUT2D eigenvalue weighted by atomic mass is 32.1. The number of rotatable bonds is 1. The smallest absolute Gasteiger partial charge is 0.223 e. The van der Waals surface area contributed by atoms with Gasteiger partial charge in [-0.2, -0.15) is 9.37 Å². The van der Waals surface area contributed by atoms with Crippen molar-refractivity contribution in [2.75, 3.05) is 0 Å². The Morgan fingerprint density at radius 1 is 1.25 bits per heavy atom. The molecule has 0 bridgehead atoms. The summed E-state index contributed by atoms with van der Waals surface area (Å²) in [7, 11) is 0. The van der Waals surface area contributed by atoms with Gasteiger partial charge in [0.25, 0.3) is 0 Å². The van der Waals surface area contributed by atoms with E-state index in [4.69, 9.17) is 17.2 Å². The second-order valence-corrected chi connectivity index (χ2v) is 3.66. The normalized spacial score (nSPS) is 11.6. The first kappa shape index (κ1) is 10.4. The molecule has 0 amide bonds. The Labute approximate surface area is 95.7 Å². The highest BCUT2D eigenvalue weighted by Gasteiger charge is 2.02. The zero-order chi connectivity index (χ0) is 11.5. The number of nitrogens with zero attached hydrogens (tertiary/aromatic N) is 3. The van der Waals surface area contributed by atoms with Crippen molar-refractivity contribution in [1.82, 2.24) is 4.37 Å². The van der Waals surface area contributed by atoms with E-state index >= 15 is 0 Å². The summed E-state index contributed by atoms with van der Waals surface area (Å²) < 4.78 is 4.19. The van der Waals surface area contributed by atoms with Crippen LogP contribution < -0.4 is 17.2 Å². The quantitative estimate of drug-likeness (QED) is 0.492. The van der Waals surface area contributed by atoms with E-state index in [1.54, 1.807) is 0 Å². The van der Waals surface area contributed by atoms with Crippen LogP contribution in [0.3, 0.4) is 0 Å². The van der Waals surface area contributed by atoms with Gasteiger partial charge in [0.15, 0.2) is 5.96 Å². The summed E-state index contributed by atoms with van der Waals surface area (Å²) in [6, 6.07) is 5.58. The molecule has 0 saturated carbocycles. The summed E-state index contributed by atoms with van der Waals surface area (Å²) in [5.74, 6) is -0.0874. The SMILES string of the molecule is NC(N)=NC(N)=Nc1cccc2nscc12. The third-order valence-electron chi connectivity index (χ3n) is 1.86. The second-order valence-electron chi connectivity index (χ2n) is 3.03. The van der Waals surface area contributed by atoms with Crippen molar-refractivity contribution in [2.45, 2.75) is 0 Å². The molecule has 0 radical (unpaired) electrons. The predicted octanol–water partition coefficient (Wildman–Crippen LogP) is 0.516. The van der Waals surface area contributed by atoms with Gasteiger partial charge in [0.05, 0.1) is 11.2 Å². The molecular weight excluding hydrogens is 224 g/mol. The van der Waals surface area contributed by atoms with Gasteiger partial charge in [-0.1, -0.05) is 6.07 Å². The minimum absolute atomic E-state index is 0.0266. The number of hydrogen-bond donors (Lipinski definition) is 3. The van der Waals surface area contributed by atoms with Crippen LogP contribution in [0.15, 0.2) is 33.6 Å². The molecule has 7 heteroatoms. The molecule has 0 aliphatic heterocycles. The molecular formula is C9H10N6S. The van der Waals surface area contributed by atoms with Crippen LogP contribution in [-0.2, 0) is 0 Å². The van der Waals surface area contributed by atoms with Gasteiger partial charge in [-0.15, -0.1) is 0 Å². The van der Waals surface area contributed by atoms with Crippen LogP contribution in [0.1, 0.15) is 0 Å². The minimum Gasteiger partial charge on any atom is -0.370 e. The lowest BCUT2D eigenvalue weighted by Crippen LogP contribution is -2.26. The molecule has 0 saturated heterocycles. The van der Waals surface area contributed by atoms with Gasteiger partial charge in [-0.25, -0.2) is 4.99 Å². The van der Waals surface area contributed by atoms with Crippen molar-refractivity contribution in [3.63, 3.8) is 0 Å². The Morgan fingerprint density at radius 2 is 2.06 bits per heavy atom. The number of aliphatic imine (C=N–C) groups is 2. The highest BCUT2D eigenvalue weighted by Crippen LogP contribution is 2.26. The van der Waals surface area contributed by atoms with Crippen molar-refractivity contribution in [3.05, 3.63) is 23.6 Å². The van der Waals surface area contributed by atoms with Crippen LogP contribution in [0.25, 0.3) is 10.9 Å². The number of aromatic nitrogens is 1. The van der Waals surface area contributed by atoms with E-state index in [1.807, 2.05) is 23.6 Å². The van der Waals surface area contributed by atoms with Crippen LogP contribution in [0.2, 0.25) is 0 Å². The maximum absolute atomic E-state index is 5.55. The van der Waals surface area contributed by atoms with E-state index in [2.05, 4.69) is 14.4 Å². The molecule has 6 N–H and O–H groups in total. The van der Waals surface area contributed by atoms with Crippen LogP contribution in [0.4, 0.5) is 5.69 Å². The monoisotopic (exact) mass is 234 g/mol. The molecule has 1 aromatic heterocycles. The molecule has 1 heterocycles. The number of benzene rings is 1. The Balaban J connectivity index is 2.48. The van der Waals surface area contributed by atoms with Gasteiger partial charge in [0.1, 0.15) is 0 Å². The molecule has 0 aliphatic carbocycles. The third-order valence-corrected chi connectivity index (χ3v) is 2.50. The molecule has 0 spiro atoms. The van der Waals surface area contributed by atoms with E-state index in [-0.39, 0.29) is 11.9 Å². The average Bonchev–Trinajstić information content (AvgIpc) is 2.65. The molecule has 2 rings (SSSR count). The van der Waals surface area contributed by atoms with Gasteiger partial charge in [-0.3, -0.25) is 0 Å². The number of hydrogen-bond acceptors (Lipinski definition) is 3. The molecule has 0 unspecified atom stereocenters. The van der Waals surface area contributed by atoms with E-state index in [0.717, 1.165) is 10.9 Å². The Bertz CT molecular complexity index is 566. The summed E-state index contributed by atoms with van der Waals surface area (Å²) in [4.78, 5) is 7.76. The van der Waals surface area contributed by atoms with Crippen LogP contribution >= 0.6 is 11.5 Å². The van der Waals surface area contributed by atoms with E-state index < -0.39 is 0 Å². The number of guanidine groups is 2. The van der Waals surface area contributed by atoms with Gasteiger partial charge in [0, 0.05) is 10.8 Å². The summed E-state index contributed by atoms with van der Waals surface area (Å²) in [5, 5.41) is 2.83. The van der Waals surface area contributed by atoms with Gasteiger partial charge in [-0.05, 0) is 23.7 Å². The van der Waals surface area contributed by atoms with Crippen molar-refractivity contribution >= 4 is 40.0 Å². The third kappa shape index (κ3) is 2.09. The Kier molecular flexibility index (Phi) is 2.69. The first-order valence-electron chi connectivity index (χ1n) is 4.44. The topological polar surface area (TPSA) is 116 Å². The molecule has 0 fully saturated rings. The maximum Gasteiger partial charge on any atom is 0.223 e. The largest absolute Gasteiger partial charge is 0.370 e. The first-order chi connectivity index (χ1) is 7.66. The Morgan fingerprint density at radius 3 is 2.81 bits per heavy atom.